The van der Waals surface area contributed by atoms with E-state index in [0.29, 0.717) is 11.7 Å². The lowest BCUT2D eigenvalue weighted by Crippen LogP contribution is -1.79. The maximum atomic E-state index is 5.04. The van der Waals surface area contributed by atoms with Gasteiger partial charge in [-0.25, -0.2) is 0 Å². The summed E-state index contributed by atoms with van der Waals surface area (Å²) in [6.07, 6.45) is 0. The van der Waals surface area contributed by atoms with Crippen molar-refractivity contribution in [2.75, 3.05) is 0 Å². The van der Waals surface area contributed by atoms with E-state index >= 15 is 0 Å². The van der Waals surface area contributed by atoms with Crippen LogP contribution in [0.3, 0.4) is 0 Å². The van der Waals surface area contributed by atoms with E-state index in [1.165, 1.54) is 5.56 Å². The second-order valence-corrected chi connectivity index (χ2v) is 3.02. The van der Waals surface area contributed by atoms with Gasteiger partial charge in [-0.3, -0.25) is 0 Å². The fourth-order valence-electron chi connectivity index (χ4n) is 1.19. The molecule has 0 fully saturated rings. The number of hydrogen-bond acceptors (Lipinski definition) is 3. The summed E-state index contributed by atoms with van der Waals surface area (Å²) in [6, 6.07) is 7.99. The van der Waals surface area contributed by atoms with E-state index in [1.54, 1.807) is 0 Å². The molecule has 0 aliphatic rings. The maximum absolute atomic E-state index is 5.04. The van der Waals surface area contributed by atoms with Crippen LogP contribution in [0.25, 0.3) is 11.5 Å². The maximum Gasteiger partial charge on any atom is 0.257 e. The van der Waals surface area contributed by atoms with Gasteiger partial charge in [0.05, 0.1) is 0 Å². The first-order chi connectivity index (χ1) is 6.25. The molecular formula is C10H10N2O. The molecule has 3 heteroatoms. The molecule has 2 rings (SSSR count). The zero-order valence-electron chi connectivity index (χ0n) is 7.61. The molecule has 2 aromatic rings. The van der Waals surface area contributed by atoms with Gasteiger partial charge in [0.2, 0.25) is 0 Å². The van der Waals surface area contributed by atoms with Crippen LogP contribution in [-0.2, 0) is 0 Å². The van der Waals surface area contributed by atoms with Crippen molar-refractivity contribution in [1.82, 2.24) is 10.1 Å². The molecule has 1 aromatic heterocycles. The molecule has 0 radical (unpaired) electrons. The SMILES string of the molecule is Cc1cccc(-c2nc(C)no2)c1. The number of hydrogen-bond donors (Lipinski definition) is 0. The molecule has 0 amide bonds. The van der Waals surface area contributed by atoms with E-state index in [2.05, 4.69) is 10.1 Å². The first-order valence-electron chi connectivity index (χ1n) is 4.13. The number of rotatable bonds is 1. The van der Waals surface area contributed by atoms with E-state index in [4.69, 9.17) is 4.52 Å². The molecule has 1 heterocycles. The van der Waals surface area contributed by atoms with Crippen LogP contribution in [-0.4, -0.2) is 10.1 Å². The highest BCUT2D eigenvalue weighted by Crippen LogP contribution is 2.17. The van der Waals surface area contributed by atoms with E-state index in [1.807, 2.05) is 38.1 Å². The lowest BCUT2D eigenvalue weighted by atomic mass is 10.1. The molecule has 13 heavy (non-hydrogen) atoms. The van der Waals surface area contributed by atoms with Crippen molar-refractivity contribution in [3.05, 3.63) is 35.7 Å². The van der Waals surface area contributed by atoms with Crippen LogP contribution in [0, 0.1) is 13.8 Å². The lowest BCUT2D eigenvalue weighted by Gasteiger charge is -1.94. The predicted molar refractivity (Wildman–Crippen MR) is 49.2 cm³/mol. The summed E-state index contributed by atoms with van der Waals surface area (Å²) in [6.45, 7) is 3.84. The first kappa shape index (κ1) is 7.98. The van der Waals surface area contributed by atoms with E-state index in [-0.39, 0.29) is 0 Å². The summed E-state index contributed by atoms with van der Waals surface area (Å²) in [7, 11) is 0. The number of nitrogens with zero attached hydrogens (tertiary/aromatic N) is 2. The third-order valence-electron chi connectivity index (χ3n) is 1.79. The van der Waals surface area contributed by atoms with Crippen molar-refractivity contribution < 1.29 is 4.52 Å². The van der Waals surface area contributed by atoms with Crippen molar-refractivity contribution in [3.8, 4) is 11.5 Å². The van der Waals surface area contributed by atoms with E-state index in [0.717, 1.165) is 5.56 Å². The fourth-order valence-corrected chi connectivity index (χ4v) is 1.19. The Hall–Kier alpha value is -1.64. The van der Waals surface area contributed by atoms with Crippen LogP contribution in [0.2, 0.25) is 0 Å². The molecular weight excluding hydrogens is 164 g/mol. The zero-order valence-corrected chi connectivity index (χ0v) is 7.61. The highest BCUT2D eigenvalue weighted by atomic mass is 16.5. The lowest BCUT2D eigenvalue weighted by molar-refractivity contribution is 0.425. The van der Waals surface area contributed by atoms with E-state index < -0.39 is 0 Å². The summed E-state index contributed by atoms with van der Waals surface area (Å²) >= 11 is 0. The largest absolute Gasteiger partial charge is 0.334 e. The molecule has 0 aliphatic carbocycles. The summed E-state index contributed by atoms with van der Waals surface area (Å²) in [5, 5.41) is 3.74. The smallest absolute Gasteiger partial charge is 0.257 e. The predicted octanol–water partition coefficient (Wildman–Crippen LogP) is 2.35. The minimum absolute atomic E-state index is 0.584. The average Bonchev–Trinajstić information content (AvgIpc) is 2.52. The van der Waals surface area contributed by atoms with Gasteiger partial charge in [-0.1, -0.05) is 22.9 Å². The second-order valence-electron chi connectivity index (χ2n) is 3.02. The third kappa shape index (κ3) is 1.59. The molecule has 0 saturated heterocycles. The van der Waals surface area contributed by atoms with Crippen molar-refractivity contribution in [1.29, 1.82) is 0 Å². The Kier molecular flexibility index (Phi) is 1.85. The minimum atomic E-state index is 0.584. The first-order valence-corrected chi connectivity index (χ1v) is 4.13. The Balaban J connectivity index is 2.46. The van der Waals surface area contributed by atoms with Gasteiger partial charge in [-0.05, 0) is 26.0 Å². The number of benzene rings is 1. The highest BCUT2D eigenvalue weighted by Gasteiger charge is 2.04. The van der Waals surface area contributed by atoms with Crippen molar-refractivity contribution in [2.45, 2.75) is 13.8 Å². The van der Waals surface area contributed by atoms with Crippen LogP contribution in [0.1, 0.15) is 11.4 Å². The summed E-state index contributed by atoms with van der Waals surface area (Å²) < 4.78 is 5.04. The normalized spacial score (nSPS) is 10.3. The molecule has 3 nitrogen and oxygen atoms in total. The Labute approximate surface area is 76.4 Å². The van der Waals surface area contributed by atoms with Crippen molar-refractivity contribution in [2.24, 2.45) is 0 Å². The average molecular weight is 174 g/mol. The van der Waals surface area contributed by atoms with E-state index in [9.17, 15) is 0 Å². The summed E-state index contributed by atoms with van der Waals surface area (Å²) in [5.41, 5.74) is 2.16. The molecule has 0 atom stereocenters. The second kappa shape index (κ2) is 3.01. The van der Waals surface area contributed by atoms with Gasteiger partial charge in [0.1, 0.15) is 0 Å². The summed E-state index contributed by atoms with van der Waals surface area (Å²) in [5.74, 6) is 1.25. The highest BCUT2D eigenvalue weighted by molar-refractivity contribution is 5.53. The zero-order chi connectivity index (χ0) is 9.26. The third-order valence-corrected chi connectivity index (χ3v) is 1.79. The van der Waals surface area contributed by atoms with Gasteiger partial charge in [0.25, 0.3) is 5.89 Å². The molecule has 0 aliphatic heterocycles. The van der Waals surface area contributed by atoms with Gasteiger partial charge < -0.3 is 4.52 Å². The quantitative estimate of drug-likeness (QED) is 0.666. The van der Waals surface area contributed by atoms with Crippen LogP contribution in [0.15, 0.2) is 28.8 Å². The topological polar surface area (TPSA) is 38.9 Å². The Bertz CT molecular complexity index is 420. The van der Waals surface area contributed by atoms with Gasteiger partial charge in [-0.15, -0.1) is 0 Å². The van der Waals surface area contributed by atoms with Crippen LogP contribution in [0.4, 0.5) is 0 Å². The standard InChI is InChI=1S/C10H10N2O/c1-7-4-3-5-9(6-7)10-11-8(2)12-13-10/h3-6H,1-2H3. The molecule has 0 bridgehead atoms. The Morgan fingerprint density at radius 1 is 1.23 bits per heavy atom. The molecule has 1 aromatic carbocycles. The van der Waals surface area contributed by atoms with Crippen LogP contribution >= 0.6 is 0 Å². The molecule has 0 N–H and O–H groups in total. The molecule has 66 valence electrons. The monoisotopic (exact) mass is 174 g/mol. The van der Waals surface area contributed by atoms with Gasteiger partial charge in [0.15, 0.2) is 5.82 Å². The number of aromatic nitrogens is 2. The Morgan fingerprint density at radius 2 is 2.08 bits per heavy atom. The Morgan fingerprint density at radius 3 is 2.69 bits per heavy atom. The van der Waals surface area contributed by atoms with Gasteiger partial charge in [0, 0.05) is 5.56 Å². The summed E-state index contributed by atoms with van der Waals surface area (Å²) in [4.78, 5) is 4.14. The van der Waals surface area contributed by atoms with Crippen LogP contribution < -0.4 is 0 Å². The van der Waals surface area contributed by atoms with Crippen LogP contribution in [0.5, 0.6) is 0 Å². The molecule has 0 saturated carbocycles. The van der Waals surface area contributed by atoms with Crippen molar-refractivity contribution >= 4 is 0 Å². The number of aryl methyl sites for hydroxylation is 2. The molecule has 0 unspecified atom stereocenters. The van der Waals surface area contributed by atoms with Gasteiger partial charge in [-0.2, -0.15) is 4.98 Å². The molecule has 0 spiro atoms. The fraction of sp³-hybridized carbons (Fsp3) is 0.200. The van der Waals surface area contributed by atoms with Gasteiger partial charge >= 0.3 is 0 Å². The van der Waals surface area contributed by atoms with Crippen molar-refractivity contribution in [3.63, 3.8) is 0 Å². The minimum Gasteiger partial charge on any atom is -0.334 e.